The van der Waals surface area contributed by atoms with E-state index in [1.54, 1.807) is 18.2 Å². The summed E-state index contributed by atoms with van der Waals surface area (Å²) in [5, 5.41) is 11.3. The summed E-state index contributed by atoms with van der Waals surface area (Å²) in [5.74, 6) is -0.955. The second kappa shape index (κ2) is 5.90. The van der Waals surface area contributed by atoms with E-state index in [1.165, 1.54) is 0 Å². The highest BCUT2D eigenvalue weighted by molar-refractivity contribution is 5.94. The Balaban J connectivity index is 2.70. The van der Waals surface area contributed by atoms with Crippen molar-refractivity contribution in [2.24, 2.45) is 0 Å². The Morgan fingerprint density at radius 1 is 1.38 bits per heavy atom. The molecule has 0 radical (unpaired) electrons. The number of nitrogens with one attached hydrogen (secondary N) is 1. The van der Waals surface area contributed by atoms with Gasteiger partial charge in [0.05, 0.1) is 0 Å². The lowest BCUT2D eigenvalue weighted by molar-refractivity contribution is -0.136. The Bertz CT molecular complexity index is 388. The molecule has 1 aromatic rings. The number of benzene rings is 1. The molecule has 0 aliphatic carbocycles. The molecule has 4 nitrogen and oxygen atoms in total. The third kappa shape index (κ3) is 3.73. The molecule has 4 heteroatoms. The van der Waals surface area contributed by atoms with Crippen molar-refractivity contribution in [2.75, 3.05) is 6.54 Å². The van der Waals surface area contributed by atoms with Crippen molar-refractivity contribution in [3.63, 3.8) is 0 Å². The van der Waals surface area contributed by atoms with Crippen molar-refractivity contribution in [3.8, 4) is 0 Å². The SMILES string of the molecule is CCNC(=O)c1cccc(CCC(=O)O)c1. The topological polar surface area (TPSA) is 66.4 Å². The zero-order valence-corrected chi connectivity index (χ0v) is 9.19. The van der Waals surface area contributed by atoms with Crippen LogP contribution in [0.3, 0.4) is 0 Å². The monoisotopic (exact) mass is 221 g/mol. The lowest BCUT2D eigenvalue weighted by Gasteiger charge is -2.04. The summed E-state index contributed by atoms with van der Waals surface area (Å²) in [4.78, 5) is 21.9. The normalized spacial score (nSPS) is 9.81. The minimum Gasteiger partial charge on any atom is -0.481 e. The molecule has 1 amide bonds. The second-order valence-corrected chi connectivity index (χ2v) is 3.45. The van der Waals surface area contributed by atoms with Crippen LogP contribution < -0.4 is 5.32 Å². The molecular weight excluding hydrogens is 206 g/mol. The van der Waals surface area contributed by atoms with Crippen LogP contribution in [0.15, 0.2) is 24.3 Å². The molecule has 0 saturated carbocycles. The molecule has 0 unspecified atom stereocenters. The Kier molecular flexibility index (Phi) is 4.51. The molecule has 1 rings (SSSR count). The quantitative estimate of drug-likeness (QED) is 0.790. The molecule has 0 aliphatic rings. The van der Waals surface area contributed by atoms with Crippen molar-refractivity contribution < 1.29 is 14.7 Å². The van der Waals surface area contributed by atoms with Crippen LogP contribution in [0.5, 0.6) is 0 Å². The van der Waals surface area contributed by atoms with E-state index in [2.05, 4.69) is 5.32 Å². The number of carbonyl (C=O) groups excluding carboxylic acids is 1. The Morgan fingerprint density at radius 3 is 2.75 bits per heavy atom. The van der Waals surface area contributed by atoms with Gasteiger partial charge in [-0.2, -0.15) is 0 Å². The molecule has 0 atom stereocenters. The fourth-order valence-electron chi connectivity index (χ4n) is 1.38. The van der Waals surface area contributed by atoms with Gasteiger partial charge in [0.2, 0.25) is 0 Å². The third-order valence-corrected chi connectivity index (χ3v) is 2.15. The number of carboxylic acids is 1. The van der Waals surface area contributed by atoms with Gasteiger partial charge >= 0.3 is 5.97 Å². The van der Waals surface area contributed by atoms with Gasteiger partial charge in [0, 0.05) is 18.5 Å². The number of hydrogen-bond donors (Lipinski definition) is 2. The van der Waals surface area contributed by atoms with E-state index in [-0.39, 0.29) is 12.3 Å². The summed E-state index contributed by atoms with van der Waals surface area (Å²) in [5.41, 5.74) is 1.44. The fraction of sp³-hybridized carbons (Fsp3) is 0.333. The molecular formula is C12H15NO3. The highest BCUT2D eigenvalue weighted by Crippen LogP contribution is 2.07. The van der Waals surface area contributed by atoms with Crippen molar-refractivity contribution >= 4 is 11.9 Å². The van der Waals surface area contributed by atoms with Crippen molar-refractivity contribution in [1.82, 2.24) is 5.32 Å². The summed E-state index contributed by atoms with van der Waals surface area (Å²) in [6.45, 7) is 2.43. The molecule has 0 aliphatic heterocycles. The van der Waals surface area contributed by atoms with Crippen LogP contribution in [0, 0.1) is 0 Å². The predicted octanol–water partition coefficient (Wildman–Crippen LogP) is 1.45. The number of carboxylic acid groups (broad SMARTS) is 1. The van der Waals surface area contributed by atoms with Gasteiger partial charge in [0.15, 0.2) is 0 Å². The van der Waals surface area contributed by atoms with Gasteiger partial charge in [0.1, 0.15) is 0 Å². The number of aliphatic carboxylic acids is 1. The van der Waals surface area contributed by atoms with Gasteiger partial charge in [-0.1, -0.05) is 12.1 Å². The molecule has 2 N–H and O–H groups in total. The van der Waals surface area contributed by atoms with Crippen LogP contribution in [0.25, 0.3) is 0 Å². The van der Waals surface area contributed by atoms with Gasteiger partial charge in [-0.3, -0.25) is 9.59 Å². The predicted molar refractivity (Wildman–Crippen MR) is 60.4 cm³/mol. The molecule has 0 spiro atoms. The summed E-state index contributed by atoms with van der Waals surface area (Å²) in [6.07, 6.45) is 0.529. The maximum absolute atomic E-state index is 11.5. The molecule has 0 aromatic heterocycles. The van der Waals surface area contributed by atoms with E-state index in [0.717, 1.165) is 5.56 Å². The summed E-state index contributed by atoms with van der Waals surface area (Å²) >= 11 is 0. The Morgan fingerprint density at radius 2 is 2.12 bits per heavy atom. The number of amides is 1. The van der Waals surface area contributed by atoms with E-state index in [0.29, 0.717) is 18.5 Å². The van der Waals surface area contributed by atoms with Crippen molar-refractivity contribution in [1.29, 1.82) is 0 Å². The maximum Gasteiger partial charge on any atom is 0.303 e. The number of carbonyl (C=O) groups is 2. The minimum absolute atomic E-state index is 0.0822. The van der Waals surface area contributed by atoms with E-state index < -0.39 is 5.97 Å². The number of rotatable bonds is 5. The van der Waals surface area contributed by atoms with Crippen molar-refractivity contribution in [2.45, 2.75) is 19.8 Å². The summed E-state index contributed by atoms with van der Waals surface area (Å²) in [6, 6.07) is 7.04. The smallest absolute Gasteiger partial charge is 0.303 e. The average molecular weight is 221 g/mol. The first-order chi connectivity index (χ1) is 7.63. The molecule has 86 valence electrons. The molecule has 0 saturated heterocycles. The van der Waals surface area contributed by atoms with Crippen LogP contribution >= 0.6 is 0 Å². The molecule has 0 fully saturated rings. The van der Waals surface area contributed by atoms with Crippen LogP contribution in [0.4, 0.5) is 0 Å². The maximum atomic E-state index is 11.5. The van der Waals surface area contributed by atoms with Crippen LogP contribution in [0.2, 0.25) is 0 Å². The van der Waals surface area contributed by atoms with Gasteiger partial charge < -0.3 is 10.4 Å². The highest BCUT2D eigenvalue weighted by atomic mass is 16.4. The van der Waals surface area contributed by atoms with E-state index in [4.69, 9.17) is 5.11 Å². The van der Waals surface area contributed by atoms with Crippen LogP contribution in [-0.2, 0) is 11.2 Å². The Hall–Kier alpha value is -1.84. The van der Waals surface area contributed by atoms with Crippen LogP contribution in [0.1, 0.15) is 29.3 Å². The fourth-order valence-corrected chi connectivity index (χ4v) is 1.38. The highest BCUT2D eigenvalue weighted by Gasteiger charge is 2.05. The second-order valence-electron chi connectivity index (χ2n) is 3.45. The van der Waals surface area contributed by atoms with Crippen molar-refractivity contribution in [3.05, 3.63) is 35.4 Å². The first-order valence-corrected chi connectivity index (χ1v) is 5.22. The van der Waals surface area contributed by atoms with Crippen LogP contribution in [-0.4, -0.2) is 23.5 Å². The molecule has 16 heavy (non-hydrogen) atoms. The molecule has 0 heterocycles. The van der Waals surface area contributed by atoms with E-state index >= 15 is 0 Å². The largest absolute Gasteiger partial charge is 0.481 e. The van der Waals surface area contributed by atoms with Gasteiger partial charge in [-0.05, 0) is 31.0 Å². The number of hydrogen-bond acceptors (Lipinski definition) is 2. The Labute approximate surface area is 94.3 Å². The molecule has 1 aromatic carbocycles. The lowest BCUT2D eigenvalue weighted by Crippen LogP contribution is -2.22. The van der Waals surface area contributed by atoms with E-state index in [1.807, 2.05) is 13.0 Å². The average Bonchev–Trinajstić information content (AvgIpc) is 2.27. The lowest BCUT2D eigenvalue weighted by atomic mass is 10.1. The standard InChI is InChI=1S/C12H15NO3/c1-2-13-12(16)10-5-3-4-9(8-10)6-7-11(14)15/h3-5,8H,2,6-7H2,1H3,(H,13,16)(H,14,15). The van der Waals surface area contributed by atoms with E-state index in [9.17, 15) is 9.59 Å². The summed E-state index contributed by atoms with van der Waals surface area (Å²) in [7, 11) is 0. The molecule has 0 bridgehead atoms. The van der Waals surface area contributed by atoms with Gasteiger partial charge in [0.25, 0.3) is 5.91 Å². The van der Waals surface area contributed by atoms with Gasteiger partial charge in [-0.15, -0.1) is 0 Å². The zero-order valence-electron chi connectivity index (χ0n) is 9.19. The number of aryl methyl sites for hydroxylation is 1. The zero-order chi connectivity index (χ0) is 12.0. The first kappa shape index (κ1) is 12.2. The summed E-state index contributed by atoms with van der Waals surface area (Å²) < 4.78 is 0. The first-order valence-electron chi connectivity index (χ1n) is 5.22. The third-order valence-electron chi connectivity index (χ3n) is 2.15. The minimum atomic E-state index is -0.830. The van der Waals surface area contributed by atoms with Gasteiger partial charge in [-0.25, -0.2) is 0 Å².